The summed E-state index contributed by atoms with van der Waals surface area (Å²) in [6, 6.07) is 0. The average molecular weight is 290 g/mol. The van der Waals surface area contributed by atoms with Crippen molar-refractivity contribution in [2.24, 2.45) is 0 Å². The molecule has 0 amide bonds. The van der Waals surface area contributed by atoms with E-state index in [-0.39, 0.29) is 5.41 Å². The van der Waals surface area contributed by atoms with Gasteiger partial charge in [-0.3, -0.25) is 10.00 Å². The molecule has 0 radical (unpaired) electrons. The van der Waals surface area contributed by atoms with Gasteiger partial charge in [0.25, 0.3) is 0 Å². The van der Waals surface area contributed by atoms with Crippen molar-refractivity contribution in [3.63, 3.8) is 0 Å². The van der Waals surface area contributed by atoms with Crippen LogP contribution in [0, 0.1) is 6.92 Å². The van der Waals surface area contributed by atoms with Crippen molar-refractivity contribution in [2.75, 3.05) is 6.54 Å². The lowest BCUT2D eigenvalue weighted by Crippen LogP contribution is -2.29. The summed E-state index contributed by atoms with van der Waals surface area (Å²) in [4.78, 5) is 8.62. The maximum atomic E-state index is 4.77. The van der Waals surface area contributed by atoms with E-state index < -0.39 is 0 Å². The van der Waals surface area contributed by atoms with E-state index in [0.717, 1.165) is 26.1 Å². The van der Waals surface area contributed by atoms with Crippen LogP contribution in [0.2, 0.25) is 0 Å². The molecule has 3 heterocycles. The summed E-state index contributed by atoms with van der Waals surface area (Å²) >= 11 is 1.86. The largest absolute Gasteiger partial charge is 0.291 e. The number of fused-ring (bicyclic) bond motifs is 1. The Kier molecular flexibility index (Phi) is 3.42. The molecule has 108 valence electrons. The first kappa shape index (κ1) is 13.8. The van der Waals surface area contributed by atoms with Gasteiger partial charge in [-0.05, 0) is 24.3 Å². The Morgan fingerprint density at radius 1 is 1.40 bits per heavy atom. The van der Waals surface area contributed by atoms with Crippen LogP contribution in [0.3, 0.4) is 0 Å². The van der Waals surface area contributed by atoms with E-state index in [0.29, 0.717) is 0 Å². The van der Waals surface area contributed by atoms with Gasteiger partial charge in [-0.15, -0.1) is 11.3 Å². The van der Waals surface area contributed by atoms with Gasteiger partial charge in [-0.25, -0.2) is 4.98 Å². The highest BCUT2D eigenvalue weighted by Gasteiger charge is 2.23. The van der Waals surface area contributed by atoms with Crippen LogP contribution >= 0.6 is 11.3 Å². The lowest BCUT2D eigenvalue weighted by atomic mass is 9.94. The molecule has 3 rings (SSSR count). The predicted molar refractivity (Wildman–Crippen MR) is 82.0 cm³/mol. The highest BCUT2D eigenvalue weighted by molar-refractivity contribution is 7.11. The summed E-state index contributed by atoms with van der Waals surface area (Å²) < 4.78 is 0. The van der Waals surface area contributed by atoms with Crippen LogP contribution in [0.5, 0.6) is 0 Å². The summed E-state index contributed by atoms with van der Waals surface area (Å²) in [6.45, 7) is 11.9. The molecular weight excluding hydrogens is 268 g/mol. The quantitative estimate of drug-likeness (QED) is 0.924. The molecule has 2 aromatic rings. The Labute approximate surface area is 124 Å². The fraction of sp³-hybridized carbons (Fsp3) is 0.600. The first-order chi connectivity index (χ1) is 9.43. The second kappa shape index (κ2) is 4.97. The molecule has 20 heavy (non-hydrogen) atoms. The van der Waals surface area contributed by atoms with Gasteiger partial charge in [0, 0.05) is 18.0 Å². The van der Waals surface area contributed by atoms with Gasteiger partial charge >= 0.3 is 0 Å². The number of aromatic amines is 1. The van der Waals surface area contributed by atoms with E-state index in [1.54, 1.807) is 0 Å². The van der Waals surface area contributed by atoms with Crippen molar-refractivity contribution in [2.45, 2.75) is 52.6 Å². The molecule has 0 unspecified atom stereocenters. The number of hydrogen-bond donors (Lipinski definition) is 1. The summed E-state index contributed by atoms with van der Waals surface area (Å²) in [7, 11) is 0. The Morgan fingerprint density at radius 2 is 2.20 bits per heavy atom. The van der Waals surface area contributed by atoms with Gasteiger partial charge in [-0.1, -0.05) is 20.8 Å². The summed E-state index contributed by atoms with van der Waals surface area (Å²) in [5.74, 6) is 0. The van der Waals surface area contributed by atoms with Crippen molar-refractivity contribution >= 4 is 11.3 Å². The van der Waals surface area contributed by atoms with Crippen molar-refractivity contribution in [3.8, 4) is 0 Å². The zero-order valence-corrected chi connectivity index (χ0v) is 13.5. The van der Waals surface area contributed by atoms with Crippen LogP contribution in [0.1, 0.15) is 47.6 Å². The number of rotatable bonds is 2. The zero-order valence-electron chi connectivity index (χ0n) is 12.7. The molecule has 0 aromatic carbocycles. The fourth-order valence-electron chi connectivity index (χ4n) is 2.81. The molecule has 1 aliphatic heterocycles. The topological polar surface area (TPSA) is 44.8 Å². The van der Waals surface area contributed by atoms with Crippen LogP contribution in [0.15, 0.2) is 6.20 Å². The number of hydrogen-bond acceptors (Lipinski definition) is 4. The van der Waals surface area contributed by atoms with Crippen molar-refractivity contribution in [1.29, 1.82) is 0 Å². The maximum absolute atomic E-state index is 4.77. The number of nitrogens with zero attached hydrogens (tertiary/aromatic N) is 3. The number of aromatic nitrogens is 3. The van der Waals surface area contributed by atoms with E-state index in [1.807, 2.05) is 17.5 Å². The average Bonchev–Trinajstić information content (AvgIpc) is 2.94. The van der Waals surface area contributed by atoms with Crippen molar-refractivity contribution in [3.05, 3.63) is 33.0 Å². The van der Waals surface area contributed by atoms with Gasteiger partial charge in [0.1, 0.15) is 5.01 Å². The maximum Gasteiger partial charge on any atom is 0.107 e. The molecule has 0 fully saturated rings. The van der Waals surface area contributed by atoms with Gasteiger partial charge in [0.2, 0.25) is 0 Å². The van der Waals surface area contributed by atoms with E-state index in [1.165, 1.54) is 26.8 Å². The molecule has 1 aliphatic rings. The standard InChI is InChI=1S/C15H22N4S/c1-10-14(15(2,3)4)20-13(17-10)9-19-6-5-11-7-16-18-12(11)8-19/h7H,5-6,8-9H2,1-4H3,(H,16,18). The summed E-state index contributed by atoms with van der Waals surface area (Å²) in [5, 5.41) is 8.47. The number of H-pyrrole nitrogens is 1. The third-order valence-electron chi connectivity index (χ3n) is 3.77. The molecular formula is C15H22N4S. The third kappa shape index (κ3) is 2.65. The Hall–Kier alpha value is -1.20. The molecule has 0 spiro atoms. The van der Waals surface area contributed by atoms with Crippen LogP contribution in [-0.2, 0) is 24.9 Å². The highest BCUT2D eigenvalue weighted by atomic mass is 32.1. The van der Waals surface area contributed by atoms with E-state index in [9.17, 15) is 0 Å². The van der Waals surface area contributed by atoms with Crippen LogP contribution < -0.4 is 0 Å². The van der Waals surface area contributed by atoms with E-state index in [2.05, 4.69) is 42.8 Å². The smallest absolute Gasteiger partial charge is 0.107 e. The molecule has 2 aromatic heterocycles. The molecule has 1 N–H and O–H groups in total. The van der Waals surface area contributed by atoms with Crippen LogP contribution in [-0.4, -0.2) is 26.6 Å². The minimum atomic E-state index is 0.193. The Balaban J connectivity index is 1.73. The SMILES string of the molecule is Cc1nc(CN2CCc3cn[nH]c3C2)sc1C(C)(C)C. The second-order valence-corrected chi connectivity index (χ2v) is 7.69. The van der Waals surface area contributed by atoms with Crippen molar-refractivity contribution < 1.29 is 0 Å². The van der Waals surface area contributed by atoms with E-state index >= 15 is 0 Å². The minimum Gasteiger partial charge on any atom is -0.291 e. The van der Waals surface area contributed by atoms with E-state index in [4.69, 9.17) is 4.98 Å². The monoisotopic (exact) mass is 290 g/mol. The second-order valence-electron chi connectivity index (χ2n) is 6.61. The lowest BCUT2D eigenvalue weighted by molar-refractivity contribution is 0.242. The molecule has 0 bridgehead atoms. The number of nitrogens with one attached hydrogen (secondary N) is 1. The molecule has 5 heteroatoms. The number of aryl methyl sites for hydroxylation is 1. The molecule has 4 nitrogen and oxygen atoms in total. The molecule has 0 aliphatic carbocycles. The summed E-state index contributed by atoms with van der Waals surface area (Å²) in [5.41, 5.74) is 4.02. The predicted octanol–water partition coefficient (Wildman–Crippen LogP) is 3.03. The van der Waals surface area contributed by atoms with Crippen LogP contribution in [0.4, 0.5) is 0 Å². The fourth-order valence-corrected chi connectivity index (χ4v) is 3.98. The van der Waals surface area contributed by atoms with Gasteiger partial charge < -0.3 is 0 Å². The number of thiazole rings is 1. The van der Waals surface area contributed by atoms with Crippen molar-refractivity contribution in [1.82, 2.24) is 20.1 Å². The zero-order chi connectivity index (χ0) is 14.3. The molecule has 0 saturated carbocycles. The lowest BCUT2D eigenvalue weighted by Gasteiger charge is -2.25. The molecule has 0 saturated heterocycles. The first-order valence-corrected chi connectivity index (χ1v) is 7.95. The van der Waals surface area contributed by atoms with Gasteiger partial charge in [0.15, 0.2) is 0 Å². The van der Waals surface area contributed by atoms with Gasteiger partial charge in [0.05, 0.1) is 24.1 Å². The third-order valence-corrected chi connectivity index (χ3v) is 5.34. The normalized spacial score (nSPS) is 16.4. The first-order valence-electron chi connectivity index (χ1n) is 7.14. The van der Waals surface area contributed by atoms with Crippen LogP contribution in [0.25, 0.3) is 0 Å². The summed E-state index contributed by atoms with van der Waals surface area (Å²) in [6.07, 6.45) is 3.04. The van der Waals surface area contributed by atoms with Gasteiger partial charge in [-0.2, -0.15) is 5.10 Å². The Bertz CT molecular complexity index is 606. The minimum absolute atomic E-state index is 0.193. The Morgan fingerprint density at radius 3 is 2.90 bits per heavy atom. The highest BCUT2D eigenvalue weighted by Crippen LogP contribution is 2.32. The molecule has 0 atom stereocenters.